The first-order valence-electron chi connectivity index (χ1n) is 7.42. The molecule has 0 N–H and O–H groups in total. The van der Waals surface area contributed by atoms with E-state index in [1.54, 1.807) is 31.2 Å². The summed E-state index contributed by atoms with van der Waals surface area (Å²) in [4.78, 5) is 7.98. The highest BCUT2D eigenvalue weighted by Crippen LogP contribution is 2.23. The molecule has 0 saturated heterocycles. The number of aromatic nitrogens is 4. The fourth-order valence-electron chi connectivity index (χ4n) is 2.30. The molecule has 0 unspecified atom stereocenters. The van der Waals surface area contributed by atoms with Gasteiger partial charge in [-0.25, -0.2) is 23.1 Å². The second kappa shape index (κ2) is 6.70. The molecule has 2 heterocycles. The van der Waals surface area contributed by atoms with Gasteiger partial charge in [-0.05, 0) is 31.2 Å². The SMILES string of the molecule is CCN(c1ccccc1)S(=O)(=O)c1ccc(-n2cnc(C#N)n2)nc1. The van der Waals surface area contributed by atoms with Gasteiger partial charge in [-0.15, -0.1) is 5.10 Å². The van der Waals surface area contributed by atoms with Gasteiger partial charge in [0.05, 0.1) is 5.69 Å². The molecule has 3 rings (SSSR count). The molecule has 9 heteroatoms. The first-order valence-corrected chi connectivity index (χ1v) is 8.86. The largest absolute Gasteiger partial charge is 0.267 e. The lowest BCUT2D eigenvalue weighted by molar-refractivity contribution is 0.591. The molecule has 0 fully saturated rings. The minimum Gasteiger partial charge on any atom is -0.267 e. The number of rotatable bonds is 5. The van der Waals surface area contributed by atoms with Crippen molar-refractivity contribution in [2.45, 2.75) is 11.8 Å². The second-order valence-electron chi connectivity index (χ2n) is 4.98. The van der Waals surface area contributed by atoms with Crippen LogP contribution in [0.1, 0.15) is 12.7 Å². The zero-order valence-corrected chi connectivity index (χ0v) is 14.1. The third-order valence-corrected chi connectivity index (χ3v) is 5.35. The third-order valence-electron chi connectivity index (χ3n) is 3.47. The zero-order valence-electron chi connectivity index (χ0n) is 13.3. The third kappa shape index (κ3) is 3.20. The van der Waals surface area contributed by atoms with Crippen LogP contribution in [0.4, 0.5) is 5.69 Å². The van der Waals surface area contributed by atoms with E-state index in [0.717, 1.165) is 0 Å². The van der Waals surface area contributed by atoms with Gasteiger partial charge in [0, 0.05) is 12.7 Å². The minimum absolute atomic E-state index is 0.0136. The standard InChI is InChI=1S/C16H14N6O2S/c1-2-22(13-6-4-3-5-7-13)25(23,24)14-8-9-16(18-11-14)21-12-19-15(10-17)20-21/h3-9,11-12H,2H2,1H3. The van der Waals surface area contributed by atoms with E-state index >= 15 is 0 Å². The Kier molecular flexibility index (Phi) is 4.45. The summed E-state index contributed by atoms with van der Waals surface area (Å²) in [6.07, 6.45) is 2.61. The van der Waals surface area contributed by atoms with E-state index < -0.39 is 10.0 Å². The van der Waals surface area contributed by atoms with Crippen LogP contribution in [0.25, 0.3) is 5.82 Å². The molecule has 0 aliphatic carbocycles. The molecule has 0 saturated carbocycles. The van der Waals surface area contributed by atoms with Crippen LogP contribution in [0.3, 0.4) is 0 Å². The lowest BCUT2D eigenvalue weighted by atomic mass is 10.3. The van der Waals surface area contributed by atoms with Crippen LogP contribution >= 0.6 is 0 Å². The molecule has 126 valence electrons. The quantitative estimate of drug-likeness (QED) is 0.691. The predicted octanol–water partition coefficient (Wildman–Crippen LogP) is 1.75. The Morgan fingerprint density at radius 3 is 2.48 bits per heavy atom. The molecule has 25 heavy (non-hydrogen) atoms. The van der Waals surface area contributed by atoms with E-state index in [1.807, 2.05) is 12.1 Å². The first kappa shape index (κ1) is 16.6. The highest BCUT2D eigenvalue weighted by molar-refractivity contribution is 7.92. The summed E-state index contributed by atoms with van der Waals surface area (Å²) in [6, 6.07) is 13.7. The lowest BCUT2D eigenvalue weighted by Gasteiger charge is -2.22. The fraction of sp³-hybridized carbons (Fsp3) is 0.125. The summed E-state index contributed by atoms with van der Waals surface area (Å²) in [6.45, 7) is 2.06. The normalized spacial score (nSPS) is 11.0. The van der Waals surface area contributed by atoms with Gasteiger partial charge in [0.1, 0.15) is 17.3 Å². The van der Waals surface area contributed by atoms with Gasteiger partial charge in [-0.2, -0.15) is 5.26 Å². The van der Waals surface area contributed by atoms with Crippen LogP contribution in [0.5, 0.6) is 0 Å². The molecule has 0 radical (unpaired) electrons. The monoisotopic (exact) mass is 354 g/mol. The fourth-order valence-corrected chi connectivity index (χ4v) is 3.72. The number of para-hydroxylation sites is 1. The van der Waals surface area contributed by atoms with E-state index in [1.165, 1.54) is 33.6 Å². The molecule has 0 aliphatic rings. The molecule has 0 spiro atoms. The summed E-state index contributed by atoms with van der Waals surface area (Å²) in [5.74, 6) is 0.385. The maximum Gasteiger partial charge on any atom is 0.265 e. The van der Waals surface area contributed by atoms with Crippen molar-refractivity contribution in [3.63, 3.8) is 0 Å². The Bertz CT molecular complexity index is 1010. The Labute approximate surface area is 145 Å². The van der Waals surface area contributed by atoms with Crippen LogP contribution in [-0.4, -0.2) is 34.7 Å². The molecule has 0 amide bonds. The van der Waals surface area contributed by atoms with Gasteiger partial charge in [0.25, 0.3) is 15.8 Å². The van der Waals surface area contributed by atoms with Gasteiger partial charge >= 0.3 is 0 Å². The van der Waals surface area contributed by atoms with Crippen molar-refractivity contribution in [3.05, 3.63) is 60.8 Å². The molecular weight excluding hydrogens is 340 g/mol. The van der Waals surface area contributed by atoms with Crippen molar-refractivity contribution in [2.24, 2.45) is 0 Å². The topological polar surface area (TPSA) is 105 Å². The highest BCUT2D eigenvalue weighted by atomic mass is 32.2. The van der Waals surface area contributed by atoms with Crippen LogP contribution in [0.2, 0.25) is 0 Å². The maximum absolute atomic E-state index is 12.9. The van der Waals surface area contributed by atoms with Crippen LogP contribution in [0, 0.1) is 11.3 Å². The molecular formula is C16H14N6O2S. The number of nitrogens with zero attached hydrogens (tertiary/aromatic N) is 6. The van der Waals surface area contributed by atoms with Crippen molar-refractivity contribution in [3.8, 4) is 11.9 Å². The van der Waals surface area contributed by atoms with Gasteiger partial charge < -0.3 is 0 Å². The van der Waals surface area contributed by atoms with Crippen LogP contribution in [-0.2, 0) is 10.0 Å². The van der Waals surface area contributed by atoms with Crippen molar-refractivity contribution in [2.75, 3.05) is 10.8 Å². The summed E-state index contributed by atoms with van der Waals surface area (Å²) in [7, 11) is -3.73. The Morgan fingerprint density at radius 1 is 1.16 bits per heavy atom. The average molecular weight is 354 g/mol. The van der Waals surface area contributed by atoms with E-state index in [9.17, 15) is 8.42 Å². The molecule has 0 aliphatic heterocycles. The van der Waals surface area contributed by atoms with E-state index in [-0.39, 0.29) is 10.7 Å². The van der Waals surface area contributed by atoms with Gasteiger partial charge in [-0.1, -0.05) is 18.2 Å². The highest BCUT2D eigenvalue weighted by Gasteiger charge is 2.24. The molecule has 8 nitrogen and oxygen atoms in total. The van der Waals surface area contributed by atoms with Crippen molar-refractivity contribution in [1.29, 1.82) is 5.26 Å². The van der Waals surface area contributed by atoms with Crippen molar-refractivity contribution >= 4 is 15.7 Å². The summed E-state index contributed by atoms with van der Waals surface area (Å²) >= 11 is 0. The van der Waals surface area contributed by atoms with E-state index in [2.05, 4.69) is 15.1 Å². The predicted molar refractivity (Wildman–Crippen MR) is 90.5 cm³/mol. The number of benzene rings is 1. The lowest BCUT2D eigenvalue weighted by Crippen LogP contribution is -2.30. The summed E-state index contributed by atoms with van der Waals surface area (Å²) < 4.78 is 28.4. The first-order chi connectivity index (χ1) is 12.1. The summed E-state index contributed by atoms with van der Waals surface area (Å²) in [5, 5.41) is 12.7. The molecule has 0 bridgehead atoms. The molecule has 1 aromatic carbocycles. The maximum atomic E-state index is 12.9. The van der Waals surface area contributed by atoms with Gasteiger partial charge in [0.2, 0.25) is 0 Å². The zero-order chi connectivity index (χ0) is 17.9. The van der Waals surface area contributed by atoms with E-state index in [0.29, 0.717) is 18.1 Å². The number of sulfonamides is 1. The Hall–Kier alpha value is -3.25. The number of pyridine rings is 1. The number of nitriles is 1. The van der Waals surface area contributed by atoms with Gasteiger partial charge in [0.15, 0.2) is 5.82 Å². The van der Waals surface area contributed by atoms with Crippen molar-refractivity contribution < 1.29 is 8.42 Å². The molecule has 0 atom stereocenters. The molecule has 3 aromatic rings. The smallest absolute Gasteiger partial charge is 0.265 e. The Balaban J connectivity index is 1.94. The Morgan fingerprint density at radius 2 is 1.92 bits per heavy atom. The summed E-state index contributed by atoms with van der Waals surface area (Å²) in [5.41, 5.74) is 0.587. The van der Waals surface area contributed by atoms with Gasteiger partial charge in [-0.3, -0.25) is 4.31 Å². The van der Waals surface area contributed by atoms with E-state index in [4.69, 9.17) is 5.26 Å². The average Bonchev–Trinajstić information content (AvgIpc) is 3.12. The number of hydrogen-bond acceptors (Lipinski definition) is 6. The van der Waals surface area contributed by atoms with Crippen molar-refractivity contribution in [1.82, 2.24) is 19.7 Å². The second-order valence-corrected chi connectivity index (χ2v) is 6.84. The number of anilines is 1. The van der Waals surface area contributed by atoms with Crippen LogP contribution in [0.15, 0.2) is 59.9 Å². The minimum atomic E-state index is -3.73. The molecule has 2 aromatic heterocycles. The number of hydrogen-bond donors (Lipinski definition) is 0. The van der Waals surface area contributed by atoms with Crippen LogP contribution < -0.4 is 4.31 Å².